The summed E-state index contributed by atoms with van der Waals surface area (Å²) < 4.78 is 21.5. The molecule has 1 amide bonds. The minimum atomic E-state index is 0.0212. The molecular formula is C21H23NO5S. The van der Waals surface area contributed by atoms with Crippen LogP contribution < -0.4 is 18.9 Å². The van der Waals surface area contributed by atoms with Gasteiger partial charge in [0.2, 0.25) is 6.79 Å². The van der Waals surface area contributed by atoms with Crippen molar-refractivity contribution in [3.63, 3.8) is 0 Å². The molecule has 0 N–H and O–H groups in total. The number of ether oxygens (including phenoxy) is 4. The number of carbonyl (C=O) groups excluding carboxylic acids is 1. The van der Waals surface area contributed by atoms with Gasteiger partial charge in [-0.25, -0.2) is 0 Å². The van der Waals surface area contributed by atoms with Crippen molar-refractivity contribution in [1.29, 1.82) is 0 Å². The molecule has 2 aromatic rings. The van der Waals surface area contributed by atoms with Crippen molar-refractivity contribution in [3.8, 4) is 23.0 Å². The molecule has 1 atom stereocenters. The van der Waals surface area contributed by atoms with Crippen molar-refractivity contribution in [2.75, 3.05) is 39.9 Å². The van der Waals surface area contributed by atoms with Crippen LogP contribution in [0.2, 0.25) is 0 Å². The first-order valence-corrected chi connectivity index (χ1v) is 10.3. The second kappa shape index (κ2) is 8.22. The predicted molar refractivity (Wildman–Crippen MR) is 108 cm³/mol. The van der Waals surface area contributed by atoms with E-state index in [1.807, 2.05) is 22.7 Å². The van der Waals surface area contributed by atoms with E-state index in [1.165, 1.54) is 5.56 Å². The van der Waals surface area contributed by atoms with E-state index in [-0.39, 0.29) is 12.7 Å². The van der Waals surface area contributed by atoms with Gasteiger partial charge < -0.3 is 23.8 Å². The fraction of sp³-hybridized carbons (Fsp3) is 0.381. The lowest BCUT2D eigenvalue weighted by Gasteiger charge is -2.21. The minimum Gasteiger partial charge on any atom is -0.493 e. The van der Waals surface area contributed by atoms with E-state index in [9.17, 15) is 4.79 Å². The average Bonchev–Trinajstić information content (AvgIpc) is 3.07. The third-order valence-electron chi connectivity index (χ3n) is 5.03. The van der Waals surface area contributed by atoms with Crippen LogP contribution in [0, 0.1) is 0 Å². The summed E-state index contributed by atoms with van der Waals surface area (Å²) >= 11 is 1.88. The summed E-state index contributed by atoms with van der Waals surface area (Å²) in [5.41, 5.74) is 1.83. The molecule has 28 heavy (non-hydrogen) atoms. The summed E-state index contributed by atoms with van der Waals surface area (Å²) in [6, 6.07) is 11.4. The summed E-state index contributed by atoms with van der Waals surface area (Å²) in [5.74, 6) is 3.70. The molecule has 4 rings (SSSR count). The van der Waals surface area contributed by atoms with Gasteiger partial charge in [0.1, 0.15) is 0 Å². The van der Waals surface area contributed by atoms with E-state index in [0.717, 1.165) is 30.2 Å². The molecule has 0 aromatic heterocycles. The highest BCUT2D eigenvalue weighted by Gasteiger charge is 2.25. The fourth-order valence-electron chi connectivity index (χ4n) is 3.50. The lowest BCUT2D eigenvalue weighted by Crippen LogP contribution is -2.33. The van der Waals surface area contributed by atoms with Gasteiger partial charge in [0, 0.05) is 29.7 Å². The molecule has 2 heterocycles. The van der Waals surface area contributed by atoms with Crippen LogP contribution >= 0.6 is 11.8 Å². The zero-order chi connectivity index (χ0) is 19.5. The number of hydrogen-bond donors (Lipinski definition) is 0. The lowest BCUT2D eigenvalue weighted by molar-refractivity contribution is 0.0766. The molecule has 2 aromatic carbocycles. The predicted octanol–water partition coefficient (Wildman–Crippen LogP) is 3.75. The first-order valence-electron chi connectivity index (χ1n) is 9.22. The Labute approximate surface area is 168 Å². The summed E-state index contributed by atoms with van der Waals surface area (Å²) in [5, 5.41) is 0.331. The topological polar surface area (TPSA) is 57.2 Å². The Bertz CT molecular complexity index is 872. The first-order chi connectivity index (χ1) is 13.7. The van der Waals surface area contributed by atoms with Crippen molar-refractivity contribution in [3.05, 3.63) is 47.5 Å². The second-order valence-electron chi connectivity index (χ2n) is 6.62. The van der Waals surface area contributed by atoms with Gasteiger partial charge in [-0.2, -0.15) is 11.8 Å². The average molecular weight is 401 g/mol. The van der Waals surface area contributed by atoms with Crippen molar-refractivity contribution in [2.45, 2.75) is 11.7 Å². The Balaban J connectivity index is 1.46. The molecule has 1 fully saturated rings. The quantitative estimate of drug-likeness (QED) is 0.778. The number of rotatable bonds is 4. The van der Waals surface area contributed by atoms with Gasteiger partial charge in [0.05, 0.1) is 14.2 Å². The Hall–Kier alpha value is -2.54. The zero-order valence-corrected chi connectivity index (χ0v) is 16.8. The highest BCUT2D eigenvalue weighted by molar-refractivity contribution is 7.99. The molecule has 2 aliphatic rings. The second-order valence-corrected chi connectivity index (χ2v) is 7.93. The molecular weight excluding hydrogens is 378 g/mol. The Morgan fingerprint density at radius 2 is 1.86 bits per heavy atom. The van der Waals surface area contributed by atoms with Crippen molar-refractivity contribution < 1.29 is 23.7 Å². The molecule has 0 saturated carbocycles. The number of hydrogen-bond acceptors (Lipinski definition) is 6. The number of fused-ring (bicyclic) bond motifs is 1. The van der Waals surface area contributed by atoms with Gasteiger partial charge in [-0.3, -0.25) is 4.79 Å². The van der Waals surface area contributed by atoms with E-state index >= 15 is 0 Å². The van der Waals surface area contributed by atoms with Crippen LogP contribution in [0.15, 0.2) is 36.4 Å². The summed E-state index contributed by atoms with van der Waals surface area (Å²) in [4.78, 5) is 14.9. The Kier molecular flexibility index (Phi) is 5.52. The van der Waals surface area contributed by atoms with Gasteiger partial charge in [0.25, 0.3) is 5.91 Å². The molecule has 0 aliphatic carbocycles. The molecule has 0 bridgehead atoms. The third-order valence-corrected chi connectivity index (χ3v) is 6.36. The van der Waals surface area contributed by atoms with Gasteiger partial charge in [-0.05, 0) is 42.3 Å². The highest BCUT2D eigenvalue weighted by atomic mass is 32.2. The Morgan fingerprint density at radius 3 is 2.68 bits per heavy atom. The molecule has 0 spiro atoms. The molecule has 7 heteroatoms. The summed E-state index contributed by atoms with van der Waals surface area (Å²) in [6.45, 7) is 1.71. The number of methoxy groups -OCH3 is 2. The molecule has 148 valence electrons. The van der Waals surface area contributed by atoms with Crippen LogP contribution in [0.3, 0.4) is 0 Å². The van der Waals surface area contributed by atoms with Gasteiger partial charge in [0.15, 0.2) is 23.0 Å². The standard InChI is InChI=1S/C21H23NO5S/c1-24-16-5-4-15(12-18(16)25-2)21(23)22-8-7-20(28-10-9-22)14-3-6-17-19(11-14)27-13-26-17/h3-6,11-12,20H,7-10,13H2,1-2H3. The number of nitrogens with zero attached hydrogens (tertiary/aromatic N) is 1. The van der Waals surface area contributed by atoms with Gasteiger partial charge in [-0.15, -0.1) is 0 Å². The van der Waals surface area contributed by atoms with E-state index in [4.69, 9.17) is 18.9 Å². The zero-order valence-electron chi connectivity index (χ0n) is 16.0. The minimum absolute atomic E-state index is 0.0212. The van der Waals surface area contributed by atoms with E-state index in [1.54, 1.807) is 32.4 Å². The van der Waals surface area contributed by atoms with E-state index < -0.39 is 0 Å². The number of amides is 1. The van der Waals surface area contributed by atoms with Crippen LogP contribution in [0.4, 0.5) is 0 Å². The largest absolute Gasteiger partial charge is 0.493 e. The molecule has 2 aliphatic heterocycles. The van der Waals surface area contributed by atoms with Crippen LogP contribution in [0.5, 0.6) is 23.0 Å². The maximum Gasteiger partial charge on any atom is 0.254 e. The summed E-state index contributed by atoms with van der Waals surface area (Å²) in [7, 11) is 3.16. The van der Waals surface area contributed by atoms with Crippen LogP contribution in [-0.2, 0) is 0 Å². The van der Waals surface area contributed by atoms with Crippen molar-refractivity contribution in [2.24, 2.45) is 0 Å². The number of carbonyl (C=O) groups is 1. The third kappa shape index (κ3) is 3.71. The van der Waals surface area contributed by atoms with E-state index in [0.29, 0.717) is 28.9 Å². The lowest BCUT2D eigenvalue weighted by atomic mass is 10.1. The number of benzene rings is 2. The summed E-state index contributed by atoms with van der Waals surface area (Å²) in [6.07, 6.45) is 0.892. The molecule has 1 unspecified atom stereocenters. The SMILES string of the molecule is COc1ccc(C(=O)N2CCSC(c3ccc4c(c3)OCO4)CC2)cc1OC. The van der Waals surface area contributed by atoms with Crippen molar-refractivity contribution >= 4 is 17.7 Å². The maximum absolute atomic E-state index is 13.0. The first kappa shape index (κ1) is 18.8. The van der Waals surface area contributed by atoms with Crippen LogP contribution in [-0.4, -0.2) is 50.7 Å². The smallest absolute Gasteiger partial charge is 0.254 e. The molecule has 1 saturated heterocycles. The Morgan fingerprint density at radius 1 is 1.04 bits per heavy atom. The normalized spacial score (nSPS) is 18.5. The van der Waals surface area contributed by atoms with Crippen molar-refractivity contribution in [1.82, 2.24) is 4.90 Å². The van der Waals surface area contributed by atoms with Crippen LogP contribution in [0.25, 0.3) is 0 Å². The molecule has 6 nitrogen and oxygen atoms in total. The van der Waals surface area contributed by atoms with Gasteiger partial charge >= 0.3 is 0 Å². The van der Waals surface area contributed by atoms with E-state index in [2.05, 4.69) is 12.1 Å². The highest BCUT2D eigenvalue weighted by Crippen LogP contribution is 2.40. The number of thioether (sulfide) groups is 1. The van der Waals surface area contributed by atoms with Gasteiger partial charge in [-0.1, -0.05) is 6.07 Å². The fourth-order valence-corrected chi connectivity index (χ4v) is 4.73. The maximum atomic E-state index is 13.0. The van der Waals surface area contributed by atoms with Crippen LogP contribution in [0.1, 0.15) is 27.6 Å². The molecule has 0 radical (unpaired) electrons. The monoisotopic (exact) mass is 401 g/mol.